The molecule has 9 heteroatoms. The Balaban J connectivity index is 1.09. The monoisotopic (exact) mass is 504 g/mol. The lowest BCUT2D eigenvalue weighted by molar-refractivity contribution is -0.120. The number of nitrogens with one attached hydrogen (secondary N) is 2. The molecule has 0 radical (unpaired) electrons. The molecule has 188 valence electrons. The van der Waals surface area contributed by atoms with Gasteiger partial charge < -0.3 is 15.5 Å². The van der Waals surface area contributed by atoms with E-state index < -0.39 is 5.41 Å². The first-order chi connectivity index (χ1) is 18.5. The van der Waals surface area contributed by atoms with Gasteiger partial charge in [0, 0.05) is 43.0 Å². The van der Waals surface area contributed by atoms with Crippen LogP contribution >= 0.6 is 0 Å². The predicted molar refractivity (Wildman–Crippen MR) is 140 cm³/mol. The molecule has 1 aromatic carbocycles. The molecule has 2 aliphatic carbocycles. The van der Waals surface area contributed by atoms with Crippen LogP contribution in [0.25, 0.3) is 0 Å². The molecule has 38 heavy (non-hydrogen) atoms. The van der Waals surface area contributed by atoms with Gasteiger partial charge in [0.15, 0.2) is 5.78 Å². The van der Waals surface area contributed by atoms with Gasteiger partial charge >= 0.3 is 0 Å². The van der Waals surface area contributed by atoms with Crippen LogP contribution in [-0.2, 0) is 27.8 Å². The van der Waals surface area contributed by atoms with Gasteiger partial charge in [0.25, 0.3) is 5.91 Å². The van der Waals surface area contributed by atoms with E-state index in [1.165, 1.54) is 6.33 Å². The number of allylic oxidation sites excluding steroid dienone is 1. The number of hydrogen-bond donors (Lipinski definition) is 2. The Hall–Kier alpha value is -4.66. The lowest BCUT2D eigenvalue weighted by atomic mass is 9.79. The second kappa shape index (κ2) is 8.44. The van der Waals surface area contributed by atoms with Crippen molar-refractivity contribution in [3.63, 3.8) is 0 Å². The van der Waals surface area contributed by atoms with Crippen molar-refractivity contribution in [1.82, 2.24) is 19.9 Å². The van der Waals surface area contributed by atoms with Gasteiger partial charge in [-0.2, -0.15) is 0 Å². The van der Waals surface area contributed by atoms with Crippen LogP contribution in [0.4, 0.5) is 17.3 Å². The molecule has 0 saturated heterocycles. The molecule has 4 heterocycles. The zero-order valence-corrected chi connectivity index (χ0v) is 20.5. The van der Waals surface area contributed by atoms with Crippen LogP contribution in [0.3, 0.4) is 0 Å². The highest BCUT2D eigenvalue weighted by Crippen LogP contribution is 2.47. The topological polar surface area (TPSA) is 117 Å². The summed E-state index contributed by atoms with van der Waals surface area (Å²) < 4.78 is 0. The zero-order valence-electron chi connectivity index (χ0n) is 20.5. The van der Waals surface area contributed by atoms with Gasteiger partial charge in [0.05, 0.1) is 5.41 Å². The SMILES string of the molecule is O=C1C=CC2=C(CCN(C(=O)c3cc(Nc4ccc5c(c4)CC4(C5)C(=O)Nc5ncccc54)ncn3)C2)C1. The number of fused-ring (bicyclic) bond motifs is 3. The molecule has 3 aromatic rings. The molecule has 4 aliphatic rings. The fourth-order valence-electron chi connectivity index (χ4n) is 6.03. The second-order valence-corrected chi connectivity index (χ2v) is 10.3. The maximum absolute atomic E-state index is 13.2. The molecule has 0 fully saturated rings. The molecule has 7 rings (SSSR count). The van der Waals surface area contributed by atoms with Crippen molar-refractivity contribution in [2.24, 2.45) is 0 Å². The minimum Gasteiger partial charge on any atom is -0.340 e. The van der Waals surface area contributed by atoms with Crippen LogP contribution in [0.2, 0.25) is 0 Å². The number of nitrogens with zero attached hydrogens (tertiary/aromatic N) is 4. The lowest BCUT2D eigenvalue weighted by Gasteiger charge is -2.30. The van der Waals surface area contributed by atoms with Gasteiger partial charge in [-0.05, 0) is 60.2 Å². The van der Waals surface area contributed by atoms with Crippen molar-refractivity contribution in [2.45, 2.75) is 31.1 Å². The number of hydrogen-bond acceptors (Lipinski definition) is 7. The summed E-state index contributed by atoms with van der Waals surface area (Å²) in [6, 6.07) is 11.6. The Morgan fingerprint density at radius 3 is 2.84 bits per heavy atom. The van der Waals surface area contributed by atoms with Crippen LogP contribution in [0.1, 0.15) is 40.0 Å². The van der Waals surface area contributed by atoms with Gasteiger partial charge in [-0.3, -0.25) is 14.4 Å². The van der Waals surface area contributed by atoms with E-state index in [-0.39, 0.29) is 17.6 Å². The quantitative estimate of drug-likeness (QED) is 0.562. The van der Waals surface area contributed by atoms with E-state index in [0.29, 0.717) is 56.1 Å². The van der Waals surface area contributed by atoms with Crippen LogP contribution < -0.4 is 10.6 Å². The Labute approximate surface area is 218 Å². The summed E-state index contributed by atoms with van der Waals surface area (Å²) in [5, 5.41) is 6.24. The highest BCUT2D eigenvalue weighted by atomic mass is 16.2. The van der Waals surface area contributed by atoms with Crippen molar-refractivity contribution < 1.29 is 14.4 Å². The molecule has 2 amide bonds. The summed E-state index contributed by atoms with van der Waals surface area (Å²) in [4.78, 5) is 52.5. The summed E-state index contributed by atoms with van der Waals surface area (Å²) in [7, 11) is 0. The van der Waals surface area contributed by atoms with Crippen molar-refractivity contribution in [3.8, 4) is 0 Å². The van der Waals surface area contributed by atoms with Gasteiger partial charge in [-0.15, -0.1) is 0 Å². The maximum Gasteiger partial charge on any atom is 0.272 e. The van der Waals surface area contributed by atoms with Gasteiger partial charge in [0.2, 0.25) is 5.91 Å². The third-order valence-electron chi connectivity index (χ3n) is 7.98. The number of amides is 2. The zero-order chi connectivity index (χ0) is 25.9. The summed E-state index contributed by atoms with van der Waals surface area (Å²) in [5.41, 5.74) is 5.87. The normalized spacial score (nSPS) is 21.3. The maximum atomic E-state index is 13.2. The van der Waals surface area contributed by atoms with E-state index in [0.717, 1.165) is 33.5 Å². The van der Waals surface area contributed by atoms with Gasteiger partial charge in [0.1, 0.15) is 23.7 Å². The first-order valence-electron chi connectivity index (χ1n) is 12.7. The average molecular weight is 505 g/mol. The summed E-state index contributed by atoms with van der Waals surface area (Å²) in [6.45, 7) is 1.04. The van der Waals surface area contributed by atoms with E-state index >= 15 is 0 Å². The smallest absolute Gasteiger partial charge is 0.272 e. The number of benzene rings is 1. The highest BCUT2D eigenvalue weighted by molar-refractivity contribution is 6.06. The standard InChI is InChI=1S/C29H24N6O3/c36-22-6-4-19-15-35(9-7-17(19)11-22)27(37)24-12-25(32-16-31-24)33-21-5-3-18-13-29(14-20(18)10-21)23-2-1-8-30-26(23)34-28(29)38/h1-6,8,10,12,16H,7,9,11,13-15H2,(H,30,34,38)(H,31,32,33). The van der Waals surface area contributed by atoms with Crippen LogP contribution in [0, 0.1) is 0 Å². The third kappa shape index (κ3) is 3.61. The first kappa shape index (κ1) is 22.5. The number of aromatic nitrogens is 3. The molecule has 1 spiro atoms. The lowest BCUT2D eigenvalue weighted by Crippen LogP contribution is -2.38. The number of carbonyl (C=O) groups excluding carboxylic acids is 3. The molecule has 9 nitrogen and oxygen atoms in total. The van der Waals surface area contributed by atoms with E-state index in [9.17, 15) is 14.4 Å². The highest BCUT2D eigenvalue weighted by Gasteiger charge is 2.51. The fraction of sp³-hybridized carbons (Fsp3) is 0.241. The number of ketones is 1. The van der Waals surface area contributed by atoms with Crippen molar-refractivity contribution in [3.05, 3.63) is 94.6 Å². The van der Waals surface area contributed by atoms with Gasteiger partial charge in [-0.1, -0.05) is 23.8 Å². The molecular weight excluding hydrogens is 480 g/mol. The Bertz CT molecular complexity index is 1610. The molecular formula is C29H24N6O3. The predicted octanol–water partition coefficient (Wildman–Crippen LogP) is 3.28. The van der Waals surface area contributed by atoms with E-state index in [2.05, 4.69) is 25.6 Å². The number of pyridine rings is 1. The molecule has 0 bridgehead atoms. The third-order valence-corrected chi connectivity index (χ3v) is 7.98. The molecule has 1 unspecified atom stereocenters. The number of rotatable bonds is 3. The fourth-order valence-corrected chi connectivity index (χ4v) is 6.03. The van der Waals surface area contributed by atoms with Crippen molar-refractivity contribution >= 4 is 34.9 Å². The summed E-state index contributed by atoms with van der Waals surface area (Å²) >= 11 is 0. The van der Waals surface area contributed by atoms with Gasteiger partial charge in [-0.25, -0.2) is 15.0 Å². The summed E-state index contributed by atoms with van der Waals surface area (Å²) in [5.74, 6) is 1.11. The van der Waals surface area contributed by atoms with Crippen LogP contribution in [0.5, 0.6) is 0 Å². The molecule has 1 atom stereocenters. The van der Waals surface area contributed by atoms with E-state index in [1.807, 2.05) is 36.4 Å². The Morgan fingerprint density at radius 2 is 1.92 bits per heavy atom. The minimum absolute atomic E-state index is 0.00761. The van der Waals surface area contributed by atoms with Crippen LogP contribution in [0.15, 0.2) is 72.2 Å². The van der Waals surface area contributed by atoms with Crippen LogP contribution in [-0.4, -0.2) is 50.5 Å². The number of anilines is 3. The number of carbonyl (C=O) groups is 3. The molecule has 2 aliphatic heterocycles. The van der Waals surface area contributed by atoms with Crippen molar-refractivity contribution in [2.75, 3.05) is 23.7 Å². The van der Waals surface area contributed by atoms with Crippen molar-refractivity contribution in [1.29, 1.82) is 0 Å². The summed E-state index contributed by atoms with van der Waals surface area (Å²) in [6.07, 6.45) is 8.88. The largest absolute Gasteiger partial charge is 0.340 e. The minimum atomic E-state index is -0.621. The van der Waals surface area contributed by atoms with E-state index in [4.69, 9.17) is 0 Å². The second-order valence-electron chi connectivity index (χ2n) is 10.3. The molecule has 2 aromatic heterocycles. The molecule has 0 saturated carbocycles. The Kier molecular flexibility index (Phi) is 5.01. The molecule has 2 N–H and O–H groups in total. The van der Waals surface area contributed by atoms with E-state index in [1.54, 1.807) is 23.2 Å². The first-order valence-corrected chi connectivity index (χ1v) is 12.7. The average Bonchev–Trinajstić information content (AvgIpc) is 3.45. The Morgan fingerprint density at radius 1 is 1.03 bits per heavy atom.